The van der Waals surface area contributed by atoms with Crippen LogP contribution in [0.25, 0.3) is 0 Å². The fourth-order valence-electron chi connectivity index (χ4n) is 4.76. The zero-order valence-electron chi connectivity index (χ0n) is 28.5. The average molecular weight is 712 g/mol. The normalized spacial score (nSPS) is 13.6. The number of rotatable bonds is 21. The summed E-state index contributed by atoms with van der Waals surface area (Å²) in [6.45, 7) is 1.65. The summed E-state index contributed by atoms with van der Waals surface area (Å²) in [5.74, 6) is -4.42. The van der Waals surface area contributed by atoms with Gasteiger partial charge in [-0.2, -0.15) is 0 Å². The number of carbonyl (C=O) groups is 5. The minimum Gasteiger partial charge on any atom is -0.508 e. The first-order valence-corrected chi connectivity index (χ1v) is 16.3. The molecule has 0 saturated carbocycles. The number of nitrogens with one attached hydrogen (secondary N) is 4. The van der Waals surface area contributed by atoms with Gasteiger partial charge in [0.05, 0.1) is 6.04 Å². The number of nitrogens with two attached hydrogens (primary N) is 5. The Kier molecular flexibility index (Phi) is 17.2. The number of carboxylic acid groups (broad SMARTS) is 1. The van der Waals surface area contributed by atoms with Crippen molar-refractivity contribution < 1.29 is 34.2 Å². The molecule has 278 valence electrons. The van der Waals surface area contributed by atoms with Crippen molar-refractivity contribution >= 4 is 41.5 Å². The van der Waals surface area contributed by atoms with E-state index in [2.05, 4.69) is 31.3 Å². The van der Waals surface area contributed by atoms with E-state index in [1.807, 2.05) is 0 Å². The lowest BCUT2D eigenvalue weighted by atomic mass is 10.0. The third-order valence-corrected chi connectivity index (χ3v) is 7.54. The highest BCUT2D eigenvalue weighted by molar-refractivity contribution is 5.95. The first-order chi connectivity index (χ1) is 24.2. The summed E-state index contributed by atoms with van der Waals surface area (Å²) < 4.78 is 0. The average Bonchev–Trinajstić information content (AvgIpc) is 3.08. The maximum Gasteiger partial charge on any atom is 0.325 e. The van der Waals surface area contributed by atoms with Crippen LogP contribution < -0.4 is 49.9 Å². The van der Waals surface area contributed by atoms with E-state index in [0.717, 1.165) is 0 Å². The molecule has 4 amide bonds. The number of aliphatic carboxylic acids is 1. The third-order valence-electron chi connectivity index (χ3n) is 7.54. The number of phenols is 1. The van der Waals surface area contributed by atoms with E-state index in [1.54, 1.807) is 42.5 Å². The highest BCUT2D eigenvalue weighted by Crippen LogP contribution is 2.13. The van der Waals surface area contributed by atoms with E-state index in [0.29, 0.717) is 17.5 Å². The molecule has 0 saturated heterocycles. The van der Waals surface area contributed by atoms with E-state index in [-0.39, 0.29) is 62.9 Å². The van der Waals surface area contributed by atoms with E-state index in [4.69, 9.17) is 28.7 Å². The van der Waals surface area contributed by atoms with Crippen LogP contribution in [0.1, 0.15) is 43.7 Å². The zero-order chi connectivity index (χ0) is 37.9. The first kappa shape index (κ1) is 41.3. The number of carbonyl (C=O) groups excluding carboxylic acids is 4. The van der Waals surface area contributed by atoms with Crippen molar-refractivity contribution in [1.82, 2.24) is 21.3 Å². The summed E-state index contributed by atoms with van der Waals surface area (Å²) in [5, 5.41) is 29.4. The van der Waals surface area contributed by atoms with Crippen molar-refractivity contribution in [1.29, 1.82) is 0 Å². The molecule has 0 aliphatic heterocycles. The molecule has 0 aromatic heterocycles. The largest absolute Gasteiger partial charge is 0.508 e. The molecule has 0 aliphatic rings. The molecule has 0 aliphatic carbocycles. The van der Waals surface area contributed by atoms with Gasteiger partial charge in [-0.05, 0) is 55.9 Å². The molecule has 0 spiro atoms. The van der Waals surface area contributed by atoms with E-state index < -0.39 is 59.8 Å². The maximum absolute atomic E-state index is 13.8. The monoisotopic (exact) mass is 711 g/mol. The highest BCUT2D eigenvalue weighted by atomic mass is 16.4. The Morgan fingerprint density at radius 3 is 1.63 bits per heavy atom. The molecule has 0 unspecified atom stereocenters. The lowest BCUT2D eigenvalue weighted by Gasteiger charge is -2.26. The molecular formula is C33H49N11O7. The summed E-state index contributed by atoms with van der Waals surface area (Å²) in [7, 11) is 0. The number of phenolic OH excluding ortho intramolecular Hbond substituents is 1. The Morgan fingerprint density at radius 2 is 1.10 bits per heavy atom. The maximum atomic E-state index is 13.8. The fraction of sp³-hybridized carbons (Fsp3) is 0.424. The minimum absolute atomic E-state index is 0.00376. The van der Waals surface area contributed by atoms with Gasteiger partial charge in [0.1, 0.15) is 29.9 Å². The van der Waals surface area contributed by atoms with Gasteiger partial charge in [0, 0.05) is 25.9 Å². The van der Waals surface area contributed by atoms with Gasteiger partial charge >= 0.3 is 5.97 Å². The number of guanidine groups is 2. The van der Waals surface area contributed by atoms with Crippen LogP contribution in [0.4, 0.5) is 0 Å². The quantitative estimate of drug-likeness (QED) is 0.0369. The number of nitrogens with zero attached hydrogens (tertiary/aromatic N) is 2. The standard InChI is InChI=1S/C33H49N11O7/c1-19(31(50)51)41-29(48)25(17-20-7-3-2-4-8-20)44-28(47)24(10-6-16-40-33(37)38)42-30(49)26(18-21-11-13-22(45)14-12-21)43-27(46)23(34)9-5-15-39-32(35)36/h2-4,7-8,11-14,19,23-26,45H,5-6,9-10,15-18,34H2,1H3,(H,41,48)(H,42,49)(H,43,46)(H,44,47)(H,50,51)(H4,35,36,39)(H4,37,38,40)/t19-,23+,24-,25+,26+/m1/s1. The number of aromatic hydroxyl groups is 1. The van der Waals surface area contributed by atoms with Gasteiger partial charge in [0.15, 0.2) is 11.9 Å². The summed E-state index contributed by atoms with van der Waals surface area (Å²) >= 11 is 0. The van der Waals surface area contributed by atoms with Crippen LogP contribution in [-0.2, 0) is 36.8 Å². The van der Waals surface area contributed by atoms with Crippen molar-refractivity contribution in [3.63, 3.8) is 0 Å². The summed E-state index contributed by atoms with van der Waals surface area (Å²) in [6, 6.07) is 8.78. The molecule has 18 nitrogen and oxygen atoms in total. The molecule has 0 fully saturated rings. The Hall–Kier alpha value is -5.91. The molecular weight excluding hydrogens is 662 g/mol. The Labute approximate surface area is 295 Å². The topological polar surface area (TPSA) is 329 Å². The second-order valence-electron chi connectivity index (χ2n) is 11.8. The van der Waals surface area contributed by atoms with Crippen molar-refractivity contribution in [2.75, 3.05) is 13.1 Å². The number of benzene rings is 2. The molecule has 0 heterocycles. The predicted molar refractivity (Wildman–Crippen MR) is 191 cm³/mol. The number of carboxylic acids is 1. The SMILES string of the molecule is C[C@@H](NC(=O)[C@H](Cc1ccccc1)NC(=O)[C@@H](CCCN=C(N)N)NC(=O)[C@H](Cc1ccc(O)cc1)NC(=O)[C@@H](N)CCCN=C(N)N)C(=O)O. The van der Waals surface area contributed by atoms with Gasteiger partial charge in [0.25, 0.3) is 0 Å². The van der Waals surface area contributed by atoms with Crippen LogP contribution in [-0.4, -0.2) is 95.0 Å². The molecule has 18 heteroatoms. The summed E-state index contributed by atoms with van der Waals surface area (Å²) in [6.07, 6.45) is 0.827. The second-order valence-corrected chi connectivity index (χ2v) is 11.8. The Morgan fingerprint density at radius 1 is 0.647 bits per heavy atom. The number of hydrogen-bond acceptors (Lipinski definition) is 9. The second kappa shape index (κ2) is 21.2. The van der Waals surface area contributed by atoms with Gasteiger partial charge in [-0.1, -0.05) is 42.5 Å². The molecule has 2 aromatic carbocycles. The van der Waals surface area contributed by atoms with E-state index in [9.17, 15) is 34.2 Å². The predicted octanol–water partition coefficient (Wildman–Crippen LogP) is -2.34. The molecule has 51 heavy (non-hydrogen) atoms. The van der Waals surface area contributed by atoms with Crippen LogP contribution >= 0.6 is 0 Å². The fourth-order valence-corrected chi connectivity index (χ4v) is 4.76. The van der Waals surface area contributed by atoms with Gasteiger partial charge in [-0.3, -0.25) is 34.0 Å². The molecule has 2 aromatic rings. The van der Waals surface area contributed by atoms with Crippen LogP contribution in [0.5, 0.6) is 5.75 Å². The minimum atomic E-state index is -1.27. The van der Waals surface area contributed by atoms with Gasteiger partial charge in [0.2, 0.25) is 23.6 Å². The lowest BCUT2D eigenvalue weighted by molar-refractivity contribution is -0.141. The van der Waals surface area contributed by atoms with Crippen LogP contribution in [0.2, 0.25) is 0 Å². The van der Waals surface area contributed by atoms with Crippen LogP contribution in [0, 0.1) is 0 Å². The molecule has 0 radical (unpaired) electrons. The molecule has 5 atom stereocenters. The van der Waals surface area contributed by atoms with E-state index >= 15 is 0 Å². The highest BCUT2D eigenvalue weighted by Gasteiger charge is 2.31. The van der Waals surface area contributed by atoms with Crippen molar-refractivity contribution in [3.05, 3.63) is 65.7 Å². The van der Waals surface area contributed by atoms with Gasteiger partial charge in [-0.15, -0.1) is 0 Å². The number of hydrogen-bond donors (Lipinski definition) is 11. The zero-order valence-corrected chi connectivity index (χ0v) is 28.5. The Bertz CT molecular complexity index is 1510. The van der Waals surface area contributed by atoms with Crippen molar-refractivity contribution in [2.24, 2.45) is 38.7 Å². The van der Waals surface area contributed by atoms with Crippen molar-refractivity contribution in [3.8, 4) is 5.75 Å². The van der Waals surface area contributed by atoms with Gasteiger partial charge < -0.3 is 60.1 Å². The summed E-state index contributed by atoms with van der Waals surface area (Å²) in [5.41, 5.74) is 28.9. The first-order valence-electron chi connectivity index (χ1n) is 16.3. The molecule has 0 bridgehead atoms. The summed E-state index contributed by atoms with van der Waals surface area (Å²) in [4.78, 5) is 73.2. The van der Waals surface area contributed by atoms with Crippen LogP contribution in [0.15, 0.2) is 64.6 Å². The number of aliphatic imine (C=N–C) groups is 2. The van der Waals surface area contributed by atoms with E-state index in [1.165, 1.54) is 19.1 Å². The Balaban J connectivity index is 2.35. The molecule has 16 N–H and O–H groups in total. The molecule has 2 rings (SSSR count). The number of amides is 4. The smallest absolute Gasteiger partial charge is 0.325 e. The third kappa shape index (κ3) is 15.9. The van der Waals surface area contributed by atoms with Gasteiger partial charge in [-0.25, -0.2) is 0 Å². The van der Waals surface area contributed by atoms with Crippen LogP contribution in [0.3, 0.4) is 0 Å². The lowest BCUT2D eigenvalue weighted by Crippen LogP contribution is -2.59. The van der Waals surface area contributed by atoms with Crippen molar-refractivity contribution in [2.45, 2.75) is 75.7 Å².